The van der Waals surface area contributed by atoms with Gasteiger partial charge in [-0.1, -0.05) is 24.3 Å². The molecular formula is C21H25IN2O2. The summed E-state index contributed by atoms with van der Waals surface area (Å²) in [5.41, 5.74) is 5.88. The van der Waals surface area contributed by atoms with Crippen molar-refractivity contribution in [2.24, 2.45) is 5.92 Å². The number of hydrogen-bond donors (Lipinski definition) is 1. The number of halogens is 1. The molecule has 4 aliphatic rings. The van der Waals surface area contributed by atoms with Crippen molar-refractivity contribution in [1.82, 2.24) is 0 Å². The Morgan fingerprint density at radius 2 is 2.15 bits per heavy atom. The first-order chi connectivity index (χ1) is 12.0. The third kappa shape index (κ3) is 1.96. The van der Waals surface area contributed by atoms with Crippen molar-refractivity contribution in [2.75, 3.05) is 32.6 Å². The fraction of sp³-hybridized carbons (Fsp3) is 0.476. The number of likely N-dealkylation sites (N-methyl/N-ethyl adjacent to an activating group) is 1. The Kier molecular flexibility index (Phi) is 4.04. The molecule has 0 saturated carbocycles. The molecule has 3 aliphatic heterocycles. The maximum Gasteiger partial charge on any atom is 0.336 e. The van der Waals surface area contributed by atoms with Crippen LogP contribution >= 0.6 is 0 Å². The van der Waals surface area contributed by atoms with Gasteiger partial charge in [0.2, 0.25) is 0 Å². The van der Waals surface area contributed by atoms with Gasteiger partial charge in [-0.15, -0.1) is 0 Å². The summed E-state index contributed by atoms with van der Waals surface area (Å²) in [6.07, 6.45) is 4.36. The van der Waals surface area contributed by atoms with Crippen LogP contribution in [0, 0.1) is 5.92 Å². The van der Waals surface area contributed by atoms with Crippen LogP contribution in [0.5, 0.6) is 0 Å². The van der Waals surface area contributed by atoms with Crippen LogP contribution in [-0.2, 0) is 14.9 Å². The maximum absolute atomic E-state index is 12.8. The van der Waals surface area contributed by atoms with Crippen molar-refractivity contribution in [2.45, 2.75) is 31.2 Å². The van der Waals surface area contributed by atoms with Crippen molar-refractivity contribution in [3.05, 3.63) is 52.7 Å². The van der Waals surface area contributed by atoms with Gasteiger partial charge in [-0.2, -0.15) is 0 Å². The molecule has 138 valence electrons. The number of nitrogens with zero attached hydrogens (tertiary/aromatic N) is 1. The molecule has 1 aromatic rings. The van der Waals surface area contributed by atoms with Crippen LogP contribution in [0.4, 0.5) is 5.69 Å². The van der Waals surface area contributed by atoms with Gasteiger partial charge >= 0.3 is 5.97 Å². The highest BCUT2D eigenvalue weighted by atomic mass is 127. The number of carbonyl (C=O) groups is 1. The SMILES string of the molecule is CC=C1C[N@+]2(C)CC[C@]34C(=C(C(=O)OC)[C@H]1C[C@@H]32)Nc1ccccc14.[I-]. The quantitative estimate of drug-likeness (QED) is 0.275. The summed E-state index contributed by atoms with van der Waals surface area (Å²) in [6, 6.07) is 9.13. The van der Waals surface area contributed by atoms with E-state index in [1.165, 1.54) is 23.9 Å². The van der Waals surface area contributed by atoms with Crippen LogP contribution in [0.3, 0.4) is 0 Å². The highest BCUT2D eigenvalue weighted by Crippen LogP contribution is 2.63. The minimum absolute atomic E-state index is 0. The second-order valence-electron chi connectivity index (χ2n) is 8.20. The third-order valence-electron chi connectivity index (χ3n) is 7.30. The van der Waals surface area contributed by atoms with Crippen LogP contribution in [0.25, 0.3) is 0 Å². The number of methoxy groups -OCH3 is 1. The fourth-order valence-corrected chi connectivity index (χ4v) is 6.23. The van der Waals surface area contributed by atoms with E-state index in [9.17, 15) is 4.79 Å². The van der Waals surface area contributed by atoms with Crippen molar-refractivity contribution in [3.8, 4) is 0 Å². The number of esters is 1. The van der Waals surface area contributed by atoms with Gasteiger partial charge in [0.05, 0.1) is 31.7 Å². The van der Waals surface area contributed by atoms with Crippen molar-refractivity contribution < 1.29 is 38.0 Å². The summed E-state index contributed by atoms with van der Waals surface area (Å²) in [7, 11) is 3.91. The van der Waals surface area contributed by atoms with Gasteiger partial charge in [0.15, 0.2) is 0 Å². The van der Waals surface area contributed by atoms with E-state index in [1.807, 2.05) is 0 Å². The standard InChI is InChI=1S/C21H24N2O2.HI/c1-4-13-12-23(2)10-9-21-15-7-5-6-8-16(15)22-19(21)18(20(24)25-3)14(13)11-17(21)23;/h4-8,14,17H,9-12H2,1-3H3;1H/t14-,17-,21+,23-;/m0./s1. The zero-order chi connectivity index (χ0) is 17.4. The smallest absolute Gasteiger partial charge is 0.336 e. The first kappa shape index (κ1) is 18.0. The van der Waals surface area contributed by atoms with Crippen LogP contribution < -0.4 is 29.3 Å². The number of anilines is 1. The molecule has 5 rings (SSSR count). The van der Waals surface area contributed by atoms with E-state index in [1.54, 1.807) is 0 Å². The van der Waals surface area contributed by atoms with E-state index in [2.05, 4.69) is 49.6 Å². The molecule has 1 spiro atoms. The number of benzene rings is 1. The molecule has 3 heterocycles. The lowest BCUT2D eigenvalue weighted by molar-refractivity contribution is -0.923. The first-order valence-corrected chi connectivity index (χ1v) is 9.24. The molecule has 2 fully saturated rings. The topological polar surface area (TPSA) is 38.3 Å². The minimum atomic E-state index is -0.166. The first-order valence-electron chi connectivity index (χ1n) is 9.24. The van der Waals surface area contributed by atoms with Crippen molar-refractivity contribution in [1.29, 1.82) is 0 Å². The summed E-state index contributed by atoms with van der Waals surface area (Å²) in [6.45, 7) is 4.31. The highest BCUT2D eigenvalue weighted by Gasteiger charge is 2.68. The Bertz CT molecular complexity index is 861. The Balaban J connectivity index is 0.00000168. The van der Waals surface area contributed by atoms with Crippen LogP contribution in [0.15, 0.2) is 47.2 Å². The second kappa shape index (κ2) is 5.83. The summed E-state index contributed by atoms with van der Waals surface area (Å²) in [5.74, 6) is 0.0252. The predicted octanol–water partition coefficient (Wildman–Crippen LogP) is -0.0203. The number of allylic oxidation sites excluding steroid dienone is 1. The molecule has 5 heteroatoms. The number of nitrogens with one attached hydrogen (secondary N) is 1. The molecule has 2 bridgehead atoms. The van der Waals surface area contributed by atoms with Gasteiger partial charge in [0.25, 0.3) is 0 Å². The summed E-state index contributed by atoms with van der Waals surface area (Å²) < 4.78 is 6.33. The molecule has 1 aromatic carbocycles. The van der Waals surface area contributed by atoms with Crippen molar-refractivity contribution >= 4 is 11.7 Å². The number of rotatable bonds is 1. The van der Waals surface area contributed by atoms with Gasteiger partial charge in [-0.25, -0.2) is 4.79 Å². The number of fused-ring (bicyclic) bond motifs is 2. The number of piperidine rings is 1. The number of quaternary nitrogens is 1. The van der Waals surface area contributed by atoms with E-state index in [4.69, 9.17) is 4.74 Å². The average molecular weight is 464 g/mol. The van der Waals surface area contributed by atoms with E-state index in [0.717, 1.165) is 41.7 Å². The van der Waals surface area contributed by atoms with E-state index in [0.29, 0.717) is 6.04 Å². The average Bonchev–Trinajstić information content (AvgIpc) is 3.14. The zero-order valence-electron chi connectivity index (χ0n) is 15.5. The lowest BCUT2D eigenvalue weighted by atomic mass is 9.61. The molecule has 1 N–H and O–H groups in total. The van der Waals surface area contributed by atoms with E-state index >= 15 is 0 Å². The molecule has 2 saturated heterocycles. The molecule has 26 heavy (non-hydrogen) atoms. The Morgan fingerprint density at radius 3 is 2.88 bits per heavy atom. The molecule has 1 aliphatic carbocycles. The van der Waals surface area contributed by atoms with Gasteiger partial charge in [0.1, 0.15) is 12.6 Å². The number of carbonyl (C=O) groups excluding carboxylic acids is 1. The fourth-order valence-electron chi connectivity index (χ4n) is 6.23. The number of ether oxygens (including phenoxy) is 1. The molecular weight excluding hydrogens is 439 g/mol. The monoisotopic (exact) mass is 464 g/mol. The van der Waals surface area contributed by atoms with Gasteiger partial charge in [-0.3, -0.25) is 0 Å². The third-order valence-corrected chi connectivity index (χ3v) is 7.30. The van der Waals surface area contributed by atoms with Crippen LogP contribution in [0.1, 0.15) is 25.3 Å². The Hall–Kier alpha value is -1.34. The van der Waals surface area contributed by atoms with Crippen molar-refractivity contribution in [3.63, 3.8) is 0 Å². The Labute approximate surface area is 171 Å². The summed E-state index contributed by atoms with van der Waals surface area (Å²) >= 11 is 0. The summed E-state index contributed by atoms with van der Waals surface area (Å²) in [4.78, 5) is 12.8. The van der Waals surface area contributed by atoms with E-state index in [-0.39, 0.29) is 41.3 Å². The summed E-state index contributed by atoms with van der Waals surface area (Å²) in [5, 5.41) is 3.65. The lowest BCUT2D eigenvalue weighted by Crippen LogP contribution is -3.00. The maximum atomic E-state index is 12.8. The molecule has 4 atom stereocenters. The number of para-hydroxylation sites is 1. The van der Waals surface area contributed by atoms with E-state index < -0.39 is 0 Å². The molecule has 0 aromatic heterocycles. The molecule has 0 radical (unpaired) electrons. The number of hydrogen-bond acceptors (Lipinski definition) is 3. The van der Waals surface area contributed by atoms with Gasteiger partial charge in [-0.05, 0) is 24.1 Å². The highest BCUT2D eigenvalue weighted by molar-refractivity contribution is 5.94. The van der Waals surface area contributed by atoms with Crippen LogP contribution in [0.2, 0.25) is 0 Å². The zero-order valence-corrected chi connectivity index (χ0v) is 17.7. The lowest BCUT2D eigenvalue weighted by Gasteiger charge is -2.51. The predicted molar refractivity (Wildman–Crippen MR) is 97.0 cm³/mol. The van der Waals surface area contributed by atoms with Gasteiger partial charge in [0, 0.05) is 30.1 Å². The van der Waals surface area contributed by atoms with Gasteiger partial charge < -0.3 is 38.5 Å². The van der Waals surface area contributed by atoms with Crippen LogP contribution in [-0.4, -0.2) is 43.7 Å². The largest absolute Gasteiger partial charge is 1.00 e. The normalized spacial score (nSPS) is 37.6. The molecule has 4 nitrogen and oxygen atoms in total. The minimum Gasteiger partial charge on any atom is -1.00 e. The molecule has 0 unspecified atom stereocenters. The second-order valence-corrected chi connectivity index (χ2v) is 8.20. The Morgan fingerprint density at radius 1 is 1.38 bits per heavy atom. The molecule has 0 amide bonds.